The fraction of sp³-hybridized carbons (Fsp3) is 0.500. The Morgan fingerprint density at radius 3 is 3.06 bits per heavy atom. The molecule has 4 heteroatoms. The first-order valence-corrected chi connectivity index (χ1v) is 6.45. The van der Waals surface area contributed by atoms with Crippen LogP contribution >= 0.6 is 15.9 Å². The molecule has 0 spiro atoms. The molecule has 2 rings (SSSR count). The van der Waals surface area contributed by atoms with Crippen LogP contribution in [0.4, 0.5) is 0 Å². The molecule has 1 saturated heterocycles. The normalized spacial score (nSPS) is 20.9. The van der Waals surface area contributed by atoms with Gasteiger partial charge >= 0.3 is 0 Å². The second-order valence-corrected chi connectivity index (χ2v) is 5.45. The Morgan fingerprint density at radius 2 is 2.38 bits per heavy atom. The number of carbonyl (C=O) groups excluding carboxylic acids is 1. The quantitative estimate of drug-likeness (QED) is 0.741. The maximum Gasteiger partial charge on any atom is 0.272 e. The lowest BCUT2D eigenvalue weighted by molar-refractivity contribution is 0.0724. The summed E-state index contributed by atoms with van der Waals surface area (Å²) < 4.78 is 0. The third kappa shape index (κ3) is 2.61. The number of rotatable bonds is 1. The highest BCUT2D eigenvalue weighted by Crippen LogP contribution is 2.18. The average Bonchev–Trinajstić information content (AvgIpc) is 2.28. The van der Waals surface area contributed by atoms with Gasteiger partial charge in [0, 0.05) is 23.6 Å². The average molecular weight is 283 g/mol. The van der Waals surface area contributed by atoms with Gasteiger partial charge in [-0.05, 0) is 31.9 Å². The Labute approximate surface area is 104 Å². The molecule has 0 N–H and O–H groups in total. The van der Waals surface area contributed by atoms with E-state index in [-0.39, 0.29) is 5.91 Å². The topological polar surface area (TPSA) is 33.2 Å². The Morgan fingerprint density at radius 1 is 1.56 bits per heavy atom. The number of carbonyl (C=O) groups is 1. The number of likely N-dealkylation sites (tertiary alicyclic amines) is 1. The Bertz CT molecular complexity index is 394. The molecule has 0 saturated carbocycles. The van der Waals surface area contributed by atoms with E-state index in [9.17, 15) is 4.79 Å². The van der Waals surface area contributed by atoms with E-state index in [2.05, 4.69) is 20.9 Å². The zero-order valence-corrected chi connectivity index (χ0v) is 10.9. The van der Waals surface area contributed by atoms with Gasteiger partial charge in [-0.3, -0.25) is 4.79 Å². The Kier molecular flexibility index (Phi) is 3.59. The molecule has 0 bridgehead atoms. The van der Waals surface area contributed by atoms with Crippen molar-refractivity contribution >= 4 is 21.8 Å². The highest BCUT2D eigenvalue weighted by Gasteiger charge is 2.23. The summed E-state index contributed by atoms with van der Waals surface area (Å²) in [5.41, 5.74) is 1.44. The molecule has 1 atom stereocenters. The minimum Gasteiger partial charge on any atom is -0.336 e. The molecule has 1 aliphatic rings. The zero-order chi connectivity index (χ0) is 11.5. The third-order valence-electron chi connectivity index (χ3n) is 2.76. The van der Waals surface area contributed by atoms with Crippen molar-refractivity contribution in [3.8, 4) is 0 Å². The molecule has 86 valence electrons. The van der Waals surface area contributed by atoms with Crippen molar-refractivity contribution in [2.45, 2.75) is 24.6 Å². The molecule has 1 amide bonds. The van der Waals surface area contributed by atoms with Gasteiger partial charge in [-0.15, -0.1) is 0 Å². The molecular weight excluding hydrogens is 268 g/mol. The first-order chi connectivity index (χ1) is 7.66. The Hall–Kier alpha value is -0.900. The van der Waals surface area contributed by atoms with Crippen LogP contribution in [0.5, 0.6) is 0 Å². The maximum absolute atomic E-state index is 12.1. The van der Waals surface area contributed by atoms with Crippen LogP contribution < -0.4 is 0 Å². The van der Waals surface area contributed by atoms with Crippen LogP contribution in [-0.2, 0) is 0 Å². The smallest absolute Gasteiger partial charge is 0.272 e. The fourth-order valence-corrected chi connectivity index (χ4v) is 2.61. The van der Waals surface area contributed by atoms with Crippen LogP contribution in [0.3, 0.4) is 0 Å². The number of alkyl halides is 1. The van der Waals surface area contributed by atoms with Crippen molar-refractivity contribution in [3.05, 3.63) is 29.6 Å². The van der Waals surface area contributed by atoms with Crippen LogP contribution in [0.2, 0.25) is 0 Å². The highest BCUT2D eigenvalue weighted by atomic mass is 79.9. The number of amides is 1. The van der Waals surface area contributed by atoms with E-state index in [1.807, 2.05) is 24.0 Å². The standard InChI is InChI=1S/C12H15BrN2O/c1-9-4-2-6-11(14-9)12(16)15-7-3-5-10(13)8-15/h2,4,6,10H,3,5,7-8H2,1H3. The monoisotopic (exact) mass is 282 g/mol. The van der Waals surface area contributed by atoms with Crippen molar-refractivity contribution in [2.75, 3.05) is 13.1 Å². The number of pyridine rings is 1. The largest absolute Gasteiger partial charge is 0.336 e. The minimum atomic E-state index is 0.0489. The van der Waals surface area contributed by atoms with Gasteiger partial charge in [0.2, 0.25) is 0 Å². The molecule has 3 nitrogen and oxygen atoms in total. The molecule has 1 aromatic heterocycles. The van der Waals surface area contributed by atoms with Gasteiger partial charge in [-0.2, -0.15) is 0 Å². The van der Waals surface area contributed by atoms with Crippen molar-refractivity contribution in [3.63, 3.8) is 0 Å². The van der Waals surface area contributed by atoms with E-state index in [1.165, 1.54) is 0 Å². The number of hydrogen-bond donors (Lipinski definition) is 0. The second kappa shape index (κ2) is 4.95. The summed E-state index contributed by atoms with van der Waals surface area (Å²) in [6.45, 7) is 3.53. The maximum atomic E-state index is 12.1. The lowest BCUT2D eigenvalue weighted by atomic mass is 10.1. The van der Waals surface area contributed by atoms with Crippen LogP contribution in [-0.4, -0.2) is 33.7 Å². The number of halogens is 1. The van der Waals surface area contributed by atoms with E-state index in [4.69, 9.17) is 0 Å². The molecule has 1 unspecified atom stereocenters. The summed E-state index contributed by atoms with van der Waals surface area (Å²) in [5.74, 6) is 0.0489. The molecule has 1 fully saturated rings. The van der Waals surface area contributed by atoms with Gasteiger partial charge in [0.05, 0.1) is 0 Å². The van der Waals surface area contributed by atoms with Crippen molar-refractivity contribution in [2.24, 2.45) is 0 Å². The minimum absolute atomic E-state index is 0.0489. The van der Waals surface area contributed by atoms with Gasteiger partial charge in [0.25, 0.3) is 5.91 Å². The lowest BCUT2D eigenvalue weighted by Crippen LogP contribution is -2.40. The van der Waals surface area contributed by atoms with E-state index >= 15 is 0 Å². The number of hydrogen-bond acceptors (Lipinski definition) is 2. The summed E-state index contributed by atoms with van der Waals surface area (Å²) in [5, 5.41) is 0. The summed E-state index contributed by atoms with van der Waals surface area (Å²) in [6, 6.07) is 5.57. The molecule has 1 aromatic rings. The van der Waals surface area contributed by atoms with E-state index in [1.54, 1.807) is 6.07 Å². The molecule has 2 heterocycles. The first kappa shape index (κ1) is 11.6. The molecule has 1 aliphatic heterocycles. The van der Waals surface area contributed by atoms with Gasteiger partial charge in [0.1, 0.15) is 5.69 Å². The summed E-state index contributed by atoms with van der Waals surface area (Å²) >= 11 is 3.57. The SMILES string of the molecule is Cc1cccc(C(=O)N2CCCC(Br)C2)n1. The fourth-order valence-electron chi connectivity index (χ4n) is 1.93. The van der Waals surface area contributed by atoms with Crippen molar-refractivity contribution in [1.29, 1.82) is 0 Å². The van der Waals surface area contributed by atoms with E-state index in [0.717, 1.165) is 31.6 Å². The number of aryl methyl sites for hydroxylation is 1. The lowest BCUT2D eigenvalue weighted by Gasteiger charge is -2.29. The zero-order valence-electron chi connectivity index (χ0n) is 9.32. The number of nitrogens with zero attached hydrogens (tertiary/aromatic N) is 2. The summed E-state index contributed by atoms with van der Waals surface area (Å²) in [7, 11) is 0. The van der Waals surface area contributed by atoms with Gasteiger partial charge in [-0.25, -0.2) is 4.98 Å². The highest BCUT2D eigenvalue weighted by molar-refractivity contribution is 9.09. The first-order valence-electron chi connectivity index (χ1n) is 5.54. The van der Waals surface area contributed by atoms with Crippen LogP contribution in [0.15, 0.2) is 18.2 Å². The van der Waals surface area contributed by atoms with E-state index < -0.39 is 0 Å². The molecule has 0 aliphatic carbocycles. The number of piperidine rings is 1. The van der Waals surface area contributed by atoms with Crippen LogP contribution in [0.1, 0.15) is 29.0 Å². The predicted octanol–water partition coefficient (Wildman–Crippen LogP) is 2.39. The molecule has 0 aromatic carbocycles. The second-order valence-electron chi connectivity index (χ2n) is 4.15. The van der Waals surface area contributed by atoms with Gasteiger partial charge < -0.3 is 4.90 Å². The number of aromatic nitrogens is 1. The summed E-state index contributed by atoms with van der Waals surface area (Å²) in [6.07, 6.45) is 2.21. The third-order valence-corrected chi connectivity index (χ3v) is 3.51. The predicted molar refractivity (Wildman–Crippen MR) is 66.8 cm³/mol. The van der Waals surface area contributed by atoms with Gasteiger partial charge in [0.15, 0.2) is 0 Å². The van der Waals surface area contributed by atoms with Crippen LogP contribution in [0.25, 0.3) is 0 Å². The van der Waals surface area contributed by atoms with Crippen LogP contribution in [0, 0.1) is 6.92 Å². The molecule has 0 radical (unpaired) electrons. The summed E-state index contributed by atoms with van der Waals surface area (Å²) in [4.78, 5) is 18.7. The van der Waals surface area contributed by atoms with E-state index in [0.29, 0.717) is 10.5 Å². The Balaban J connectivity index is 2.12. The molecular formula is C12H15BrN2O. The van der Waals surface area contributed by atoms with Crippen molar-refractivity contribution in [1.82, 2.24) is 9.88 Å². The molecule has 16 heavy (non-hydrogen) atoms. The van der Waals surface area contributed by atoms with Crippen molar-refractivity contribution < 1.29 is 4.79 Å². The van der Waals surface area contributed by atoms with Gasteiger partial charge in [-0.1, -0.05) is 22.0 Å².